The Balaban J connectivity index is 4.28. The van der Waals surface area contributed by atoms with Crippen molar-refractivity contribution in [1.29, 1.82) is 5.26 Å². The van der Waals surface area contributed by atoms with E-state index in [-0.39, 0.29) is 0 Å². The van der Waals surface area contributed by atoms with E-state index >= 15 is 0 Å². The second-order valence-corrected chi connectivity index (χ2v) is 6.31. The van der Waals surface area contributed by atoms with E-state index in [1.165, 1.54) is 16.7 Å². The number of allylic oxidation sites excluding steroid dienone is 8. The topological polar surface area (TPSA) is 23.8 Å². The van der Waals surface area contributed by atoms with Crippen molar-refractivity contribution in [3.8, 4) is 6.07 Å². The molecule has 0 aliphatic heterocycles. The third-order valence-corrected chi connectivity index (χ3v) is 3.42. The van der Waals surface area contributed by atoms with Crippen molar-refractivity contribution in [2.45, 2.75) is 67.2 Å². The van der Waals surface area contributed by atoms with Crippen LogP contribution in [0.3, 0.4) is 0 Å². The van der Waals surface area contributed by atoms with Crippen LogP contribution in [0.4, 0.5) is 0 Å². The van der Waals surface area contributed by atoms with E-state index in [9.17, 15) is 0 Å². The second kappa shape index (κ2) is 11.1. The van der Waals surface area contributed by atoms with Crippen LogP contribution in [0.5, 0.6) is 0 Å². The lowest BCUT2D eigenvalue weighted by molar-refractivity contribution is 0.795. The molecule has 0 atom stereocenters. The number of hydrogen-bond acceptors (Lipinski definition) is 1. The van der Waals surface area contributed by atoms with Gasteiger partial charge in [0, 0.05) is 5.57 Å². The molecule has 0 aromatic rings. The quantitative estimate of drug-likeness (QED) is 0.283. The maximum atomic E-state index is 9.02. The number of rotatable bonds is 8. The molecule has 116 valence electrons. The molecule has 0 amide bonds. The SMILES string of the molecule is CC(C)=CCC/C(C)=C/CC/C(C)=C/C=C(/C#N)C(C)C. The fraction of sp³-hybridized carbons (Fsp3) is 0.550. The Labute approximate surface area is 131 Å². The van der Waals surface area contributed by atoms with Crippen molar-refractivity contribution in [1.82, 2.24) is 0 Å². The second-order valence-electron chi connectivity index (χ2n) is 6.31. The van der Waals surface area contributed by atoms with Crippen LogP contribution in [0, 0.1) is 17.2 Å². The van der Waals surface area contributed by atoms with Crippen molar-refractivity contribution in [2.24, 2.45) is 5.92 Å². The molecule has 1 heteroatoms. The highest BCUT2D eigenvalue weighted by atomic mass is 14.2. The third-order valence-electron chi connectivity index (χ3n) is 3.42. The maximum absolute atomic E-state index is 9.02. The van der Waals surface area contributed by atoms with Crippen molar-refractivity contribution in [3.63, 3.8) is 0 Å². The molecule has 0 fully saturated rings. The molecule has 0 bridgehead atoms. The van der Waals surface area contributed by atoms with Gasteiger partial charge in [0.2, 0.25) is 0 Å². The highest BCUT2D eigenvalue weighted by Gasteiger charge is 1.99. The summed E-state index contributed by atoms with van der Waals surface area (Å²) in [7, 11) is 0. The first-order valence-corrected chi connectivity index (χ1v) is 7.93. The minimum absolute atomic E-state index is 0.302. The van der Waals surface area contributed by atoms with Gasteiger partial charge in [-0.25, -0.2) is 0 Å². The van der Waals surface area contributed by atoms with Crippen molar-refractivity contribution < 1.29 is 0 Å². The Morgan fingerprint density at radius 2 is 1.48 bits per heavy atom. The van der Waals surface area contributed by atoms with E-state index in [2.05, 4.69) is 65.8 Å². The van der Waals surface area contributed by atoms with Crippen LogP contribution in [0.25, 0.3) is 0 Å². The Hall–Kier alpha value is -1.55. The molecular formula is C20H31N. The molecule has 0 aliphatic rings. The van der Waals surface area contributed by atoms with Crippen molar-refractivity contribution >= 4 is 0 Å². The summed E-state index contributed by atoms with van der Waals surface area (Å²) in [5.74, 6) is 0.302. The molecule has 0 aliphatic carbocycles. The molecule has 0 aromatic carbocycles. The van der Waals surface area contributed by atoms with Crippen LogP contribution < -0.4 is 0 Å². The molecule has 0 unspecified atom stereocenters. The number of hydrogen-bond donors (Lipinski definition) is 0. The van der Waals surface area contributed by atoms with Crippen LogP contribution in [0.2, 0.25) is 0 Å². The van der Waals surface area contributed by atoms with Gasteiger partial charge in [-0.15, -0.1) is 0 Å². The molecule has 0 saturated heterocycles. The third kappa shape index (κ3) is 10.9. The van der Waals surface area contributed by atoms with E-state index in [4.69, 9.17) is 5.26 Å². The van der Waals surface area contributed by atoms with E-state index in [1.54, 1.807) is 0 Å². The fourth-order valence-corrected chi connectivity index (χ4v) is 1.91. The summed E-state index contributed by atoms with van der Waals surface area (Å²) >= 11 is 0. The normalized spacial score (nSPS) is 13.3. The zero-order valence-electron chi connectivity index (χ0n) is 14.7. The molecule has 0 aromatic heterocycles. The average Bonchev–Trinajstić information content (AvgIpc) is 2.38. The Kier molecular flexibility index (Phi) is 10.3. The predicted molar refractivity (Wildman–Crippen MR) is 93.9 cm³/mol. The Morgan fingerprint density at radius 3 is 2.00 bits per heavy atom. The largest absolute Gasteiger partial charge is 0.193 e. The van der Waals surface area contributed by atoms with Gasteiger partial charge >= 0.3 is 0 Å². The zero-order chi connectivity index (χ0) is 16.3. The highest BCUT2D eigenvalue weighted by molar-refractivity contribution is 5.28. The summed E-state index contributed by atoms with van der Waals surface area (Å²) in [6, 6.07) is 2.26. The van der Waals surface area contributed by atoms with E-state index in [1.807, 2.05) is 6.08 Å². The number of nitriles is 1. The first-order valence-electron chi connectivity index (χ1n) is 7.93. The van der Waals surface area contributed by atoms with Gasteiger partial charge in [0.15, 0.2) is 0 Å². The molecule has 21 heavy (non-hydrogen) atoms. The molecule has 0 heterocycles. The van der Waals surface area contributed by atoms with Gasteiger partial charge in [0.25, 0.3) is 0 Å². The lowest BCUT2D eigenvalue weighted by Crippen LogP contribution is -1.89. The van der Waals surface area contributed by atoms with Gasteiger partial charge in [-0.1, -0.05) is 48.8 Å². The Morgan fingerprint density at radius 1 is 0.905 bits per heavy atom. The van der Waals surface area contributed by atoms with Crippen LogP contribution in [-0.4, -0.2) is 0 Å². The van der Waals surface area contributed by atoms with Gasteiger partial charge in [0.1, 0.15) is 0 Å². The lowest BCUT2D eigenvalue weighted by Gasteiger charge is -2.02. The van der Waals surface area contributed by atoms with Gasteiger partial charge in [-0.3, -0.25) is 0 Å². The average molecular weight is 285 g/mol. The predicted octanol–water partition coefficient (Wildman–Crippen LogP) is 6.51. The Bertz CT molecular complexity index is 461. The van der Waals surface area contributed by atoms with Crippen LogP contribution in [-0.2, 0) is 0 Å². The molecule has 0 spiro atoms. The van der Waals surface area contributed by atoms with Crippen LogP contribution in [0.15, 0.2) is 46.6 Å². The van der Waals surface area contributed by atoms with Crippen LogP contribution >= 0.6 is 0 Å². The molecule has 0 saturated carbocycles. The monoisotopic (exact) mass is 285 g/mol. The van der Waals surface area contributed by atoms with Gasteiger partial charge in [-0.2, -0.15) is 5.26 Å². The van der Waals surface area contributed by atoms with E-state index in [0.29, 0.717) is 5.92 Å². The molecular weight excluding hydrogens is 254 g/mol. The first-order chi connectivity index (χ1) is 9.86. The highest BCUT2D eigenvalue weighted by Crippen LogP contribution is 2.13. The van der Waals surface area contributed by atoms with Crippen LogP contribution in [0.1, 0.15) is 67.2 Å². The standard InChI is InChI=1S/C20H31N/c1-16(2)9-7-10-18(5)11-8-12-19(6)13-14-20(15-21)17(3)4/h9,11,13-14,17H,7-8,10,12H2,1-6H3/b18-11+,19-13+,20-14-. The van der Waals surface area contributed by atoms with Crippen molar-refractivity contribution in [2.75, 3.05) is 0 Å². The lowest BCUT2D eigenvalue weighted by atomic mass is 10.0. The van der Waals surface area contributed by atoms with Gasteiger partial charge < -0.3 is 0 Å². The molecule has 0 N–H and O–H groups in total. The minimum atomic E-state index is 0.302. The first kappa shape index (κ1) is 19.4. The summed E-state index contributed by atoms with van der Waals surface area (Å²) in [6.45, 7) is 12.7. The molecule has 0 rings (SSSR count). The molecule has 0 radical (unpaired) electrons. The van der Waals surface area contributed by atoms with Crippen molar-refractivity contribution in [3.05, 3.63) is 46.6 Å². The van der Waals surface area contributed by atoms with Gasteiger partial charge in [-0.05, 0) is 65.4 Å². The summed E-state index contributed by atoms with van der Waals surface area (Å²) in [4.78, 5) is 0. The fourth-order valence-electron chi connectivity index (χ4n) is 1.91. The molecule has 1 nitrogen and oxygen atoms in total. The van der Waals surface area contributed by atoms with Gasteiger partial charge in [0.05, 0.1) is 6.07 Å². The smallest absolute Gasteiger partial charge is 0.0949 e. The maximum Gasteiger partial charge on any atom is 0.0949 e. The van der Waals surface area contributed by atoms with E-state index < -0.39 is 0 Å². The minimum Gasteiger partial charge on any atom is -0.193 e. The van der Waals surface area contributed by atoms with E-state index in [0.717, 1.165) is 31.3 Å². The summed E-state index contributed by atoms with van der Waals surface area (Å²) < 4.78 is 0. The summed E-state index contributed by atoms with van der Waals surface area (Å²) in [5, 5.41) is 9.02. The summed E-state index contributed by atoms with van der Waals surface area (Å²) in [6.07, 6.45) is 13.1. The zero-order valence-corrected chi connectivity index (χ0v) is 14.7. The number of nitrogens with zero attached hydrogens (tertiary/aromatic N) is 1. The summed E-state index contributed by atoms with van der Waals surface area (Å²) in [5.41, 5.74) is 5.04.